The van der Waals surface area contributed by atoms with Gasteiger partial charge < -0.3 is 10.2 Å². The van der Waals surface area contributed by atoms with Gasteiger partial charge in [0.05, 0.1) is 0 Å². The second-order valence-electron chi connectivity index (χ2n) is 5.30. The van der Waals surface area contributed by atoms with Crippen molar-refractivity contribution in [3.8, 4) is 0 Å². The Labute approximate surface area is 101 Å². The van der Waals surface area contributed by atoms with Crippen LogP contribution in [0.15, 0.2) is 0 Å². The lowest BCUT2D eigenvalue weighted by Crippen LogP contribution is -2.42. The van der Waals surface area contributed by atoms with E-state index in [1.54, 1.807) is 0 Å². The summed E-state index contributed by atoms with van der Waals surface area (Å²) >= 11 is 0. The normalized spacial score (nSPS) is 37.4. The first-order chi connectivity index (χ1) is 7.74. The molecule has 16 heavy (non-hydrogen) atoms. The van der Waals surface area contributed by atoms with Gasteiger partial charge in [-0.05, 0) is 51.7 Å². The molecule has 2 fully saturated rings. The van der Waals surface area contributed by atoms with Crippen LogP contribution in [-0.2, 0) is 10.8 Å². The Morgan fingerprint density at radius 1 is 1.31 bits per heavy atom. The van der Waals surface area contributed by atoms with Crippen LogP contribution in [-0.4, -0.2) is 53.3 Å². The van der Waals surface area contributed by atoms with Crippen molar-refractivity contribution in [2.75, 3.05) is 38.2 Å². The van der Waals surface area contributed by atoms with Crippen molar-refractivity contribution in [2.24, 2.45) is 5.92 Å². The van der Waals surface area contributed by atoms with E-state index < -0.39 is 10.8 Å². The molecule has 0 bridgehead atoms. The number of nitrogens with one attached hydrogen (secondary N) is 1. The molecule has 2 aliphatic heterocycles. The molecule has 4 heteroatoms. The average molecular weight is 244 g/mol. The predicted octanol–water partition coefficient (Wildman–Crippen LogP) is 0.829. The minimum absolute atomic E-state index is 0.523. The maximum Gasteiger partial charge on any atom is 0.0249 e. The highest BCUT2D eigenvalue weighted by atomic mass is 32.2. The molecule has 2 saturated heterocycles. The molecule has 0 amide bonds. The summed E-state index contributed by atoms with van der Waals surface area (Å²) in [6.45, 7) is 3.66. The fourth-order valence-electron chi connectivity index (χ4n) is 2.77. The van der Waals surface area contributed by atoms with E-state index in [0.717, 1.165) is 36.8 Å². The lowest BCUT2D eigenvalue weighted by molar-refractivity contribution is 0.202. The van der Waals surface area contributed by atoms with Gasteiger partial charge in [0.2, 0.25) is 0 Å². The number of hydrogen-bond donors (Lipinski definition) is 1. The monoisotopic (exact) mass is 244 g/mol. The molecule has 0 aliphatic carbocycles. The minimum atomic E-state index is -0.523. The first-order valence-corrected chi connectivity index (χ1v) is 8.00. The summed E-state index contributed by atoms with van der Waals surface area (Å²) in [6.07, 6.45) is 4.93. The zero-order valence-electron chi connectivity index (χ0n) is 10.3. The van der Waals surface area contributed by atoms with Crippen LogP contribution < -0.4 is 5.32 Å². The van der Waals surface area contributed by atoms with Gasteiger partial charge in [0.15, 0.2) is 0 Å². The van der Waals surface area contributed by atoms with Gasteiger partial charge in [-0.3, -0.25) is 4.21 Å². The molecule has 1 unspecified atom stereocenters. The Hall–Kier alpha value is 0.0700. The predicted molar refractivity (Wildman–Crippen MR) is 69.1 cm³/mol. The Morgan fingerprint density at radius 3 is 2.75 bits per heavy atom. The van der Waals surface area contributed by atoms with E-state index >= 15 is 0 Å². The van der Waals surface area contributed by atoms with Gasteiger partial charge in [-0.2, -0.15) is 0 Å². The third kappa shape index (κ3) is 3.82. The Balaban J connectivity index is 1.65. The van der Waals surface area contributed by atoms with Crippen molar-refractivity contribution >= 4 is 10.8 Å². The Kier molecular flexibility index (Phi) is 4.79. The molecule has 0 aromatic heterocycles. The molecular weight excluding hydrogens is 220 g/mol. The summed E-state index contributed by atoms with van der Waals surface area (Å²) in [6, 6.07) is 0.630. The Bertz CT molecular complexity index is 237. The van der Waals surface area contributed by atoms with Crippen LogP contribution in [0, 0.1) is 5.92 Å². The largest absolute Gasteiger partial charge is 0.314 e. The lowest BCUT2D eigenvalue weighted by atomic mass is 9.98. The van der Waals surface area contributed by atoms with Crippen LogP contribution in [0.2, 0.25) is 0 Å². The van der Waals surface area contributed by atoms with Crippen molar-refractivity contribution in [2.45, 2.75) is 31.7 Å². The zero-order chi connectivity index (χ0) is 11.4. The molecule has 1 N–H and O–H groups in total. The minimum Gasteiger partial charge on any atom is -0.314 e. The molecular formula is C12H24N2OS. The highest BCUT2D eigenvalue weighted by molar-refractivity contribution is 7.85. The lowest BCUT2D eigenvalue weighted by Gasteiger charge is -2.31. The summed E-state index contributed by atoms with van der Waals surface area (Å²) in [5.41, 5.74) is 0. The van der Waals surface area contributed by atoms with Gasteiger partial charge in [-0.15, -0.1) is 0 Å². The van der Waals surface area contributed by atoms with Crippen LogP contribution in [0.1, 0.15) is 25.7 Å². The summed E-state index contributed by atoms with van der Waals surface area (Å²) < 4.78 is 11.2. The van der Waals surface area contributed by atoms with Crippen LogP contribution in [0.3, 0.4) is 0 Å². The highest BCUT2D eigenvalue weighted by Gasteiger charge is 2.21. The quantitative estimate of drug-likeness (QED) is 0.798. The molecule has 0 spiro atoms. The maximum absolute atomic E-state index is 11.2. The second-order valence-corrected chi connectivity index (χ2v) is 7.00. The molecule has 0 aromatic carbocycles. The molecule has 3 nitrogen and oxygen atoms in total. The fraction of sp³-hybridized carbons (Fsp3) is 1.00. The SMILES string of the molecule is CN1CCCC(CNC2CCS(=O)CC2)C1. The standard InChI is InChI=1S/C12H24N2OS/c1-14-6-2-3-11(10-14)9-13-12-4-7-16(15)8-5-12/h11-13H,2-10H2,1H3. The summed E-state index contributed by atoms with van der Waals surface area (Å²) in [7, 11) is 1.70. The number of nitrogens with zero attached hydrogens (tertiary/aromatic N) is 1. The third-order valence-corrected chi connectivity index (χ3v) is 5.19. The van der Waals surface area contributed by atoms with Crippen LogP contribution in [0.5, 0.6) is 0 Å². The van der Waals surface area contributed by atoms with Crippen molar-refractivity contribution in [3.63, 3.8) is 0 Å². The highest BCUT2D eigenvalue weighted by Crippen LogP contribution is 2.15. The van der Waals surface area contributed by atoms with E-state index in [1.807, 2.05) is 0 Å². The van der Waals surface area contributed by atoms with Crippen molar-refractivity contribution in [3.05, 3.63) is 0 Å². The van der Waals surface area contributed by atoms with E-state index in [9.17, 15) is 4.21 Å². The smallest absolute Gasteiger partial charge is 0.0249 e. The van der Waals surface area contributed by atoms with Gasteiger partial charge in [-0.1, -0.05) is 0 Å². The number of piperidine rings is 1. The second kappa shape index (κ2) is 6.12. The molecule has 0 aromatic rings. The van der Waals surface area contributed by atoms with Crippen molar-refractivity contribution in [1.29, 1.82) is 0 Å². The van der Waals surface area contributed by atoms with Crippen LogP contribution in [0.25, 0.3) is 0 Å². The van der Waals surface area contributed by atoms with Crippen LogP contribution >= 0.6 is 0 Å². The van der Waals surface area contributed by atoms with E-state index in [-0.39, 0.29) is 0 Å². The molecule has 0 radical (unpaired) electrons. The zero-order valence-corrected chi connectivity index (χ0v) is 11.1. The fourth-order valence-corrected chi connectivity index (χ4v) is 4.07. The maximum atomic E-state index is 11.2. The van der Waals surface area contributed by atoms with Gasteiger partial charge in [0, 0.05) is 34.9 Å². The van der Waals surface area contributed by atoms with E-state index in [2.05, 4.69) is 17.3 Å². The summed E-state index contributed by atoms with van der Waals surface area (Å²) in [5.74, 6) is 2.64. The van der Waals surface area contributed by atoms with E-state index in [4.69, 9.17) is 0 Å². The molecule has 2 rings (SSSR count). The van der Waals surface area contributed by atoms with Crippen molar-refractivity contribution in [1.82, 2.24) is 10.2 Å². The Morgan fingerprint density at radius 2 is 2.06 bits per heavy atom. The third-order valence-electron chi connectivity index (χ3n) is 3.81. The summed E-state index contributed by atoms with van der Waals surface area (Å²) in [5, 5.41) is 3.67. The van der Waals surface area contributed by atoms with E-state index in [0.29, 0.717) is 6.04 Å². The van der Waals surface area contributed by atoms with Crippen molar-refractivity contribution < 1.29 is 4.21 Å². The molecule has 94 valence electrons. The van der Waals surface area contributed by atoms with E-state index in [1.165, 1.54) is 25.9 Å². The van der Waals surface area contributed by atoms with Crippen LogP contribution in [0.4, 0.5) is 0 Å². The number of hydrogen-bond acceptors (Lipinski definition) is 3. The van der Waals surface area contributed by atoms with Gasteiger partial charge >= 0.3 is 0 Å². The average Bonchev–Trinajstić information content (AvgIpc) is 2.28. The molecule has 2 aliphatic rings. The summed E-state index contributed by atoms with van der Waals surface area (Å²) in [4.78, 5) is 2.44. The topological polar surface area (TPSA) is 32.3 Å². The van der Waals surface area contributed by atoms with Gasteiger partial charge in [0.25, 0.3) is 0 Å². The number of rotatable bonds is 3. The first kappa shape index (κ1) is 12.5. The van der Waals surface area contributed by atoms with Gasteiger partial charge in [0.1, 0.15) is 0 Å². The van der Waals surface area contributed by atoms with Gasteiger partial charge in [-0.25, -0.2) is 0 Å². The molecule has 2 heterocycles. The molecule has 0 saturated carbocycles. The number of likely N-dealkylation sites (tertiary alicyclic amines) is 1. The molecule has 1 atom stereocenters. The first-order valence-electron chi connectivity index (χ1n) is 6.51.